The van der Waals surface area contributed by atoms with Crippen molar-refractivity contribution in [1.82, 2.24) is 0 Å². The Morgan fingerprint density at radius 3 is 2.35 bits per heavy atom. The Bertz CT molecular complexity index is 776. The zero-order chi connectivity index (χ0) is 20.1. The zero-order valence-corrected chi connectivity index (χ0v) is 14.4. The number of nitro benzene ring substituents is 1. The topological polar surface area (TPSA) is 125 Å². The fraction of sp³-hybridized carbons (Fsp3) is 0.462. The van der Waals surface area contributed by atoms with Gasteiger partial charge in [0.1, 0.15) is 0 Å². The highest BCUT2D eigenvalue weighted by Gasteiger charge is 2.39. The van der Waals surface area contributed by atoms with E-state index in [9.17, 15) is 36.5 Å². The monoisotopic (exact) mass is 400 g/mol. The van der Waals surface area contributed by atoms with Crippen LogP contribution in [0.1, 0.15) is 26.7 Å². The third kappa shape index (κ3) is 6.48. The molecular formula is C13H15F3N2O7S. The zero-order valence-electron chi connectivity index (χ0n) is 13.6. The third-order valence-corrected chi connectivity index (χ3v) is 3.95. The molecule has 146 valence electrons. The second-order valence-corrected chi connectivity index (χ2v) is 6.11. The first-order chi connectivity index (χ1) is 11.9. The number of nitro groups is 1. The maximum atomic E-state index is 12.1. The van der Waals surface area contributed by atoms with E-state index in [1.807, 2.05) is 0 Å². The van der Waals surface area contributed by atoms with Crippen LogP contribution in [0.2, 0.25) is 0 Å². The van der Waals surface area contributed by atoms with Gasteiger partial charge in [0.2, 0.25) is 11.7 Å². The van der Waals surface area contributed by atoms with Crippen LogP contribution in [0.25, 0.3) is 0 Å². The normalized spacial score (nSPS) is 12.1. The molecule has 0 saturated heterocycles. The maximum Gasteiger partial charge on any atom is 0.539 e. The van der Waals surface area contributed by atoms with Crippen LogP contribution in [0, 0.1) is 16.0 Å². The number of halogens is 3. The third-order valence-electron chi connectivity index (χ3n) is 3.17. The Morgan fingerprint density at radius 2 is 1.88 bits per heavy atom. The minimum atomic E-state index is -5.66. The lowest BCUT2D eigenvalue weighted by Gasteiger charge is -2.14. The summed E-state index contributed by atoms with van der Waals surface area (Å²) in [5.41, 5.74) is -1.02. The highest BCUT2D eigenvalue weighted by atomic mass is 32.3. The largest absolute Gasteiger partial charge is 0.539 e. The second kappa shape index (κ2) is 8.31. The van der Waals surface area contributed by atoms with Crippen LogP contribution in [0.5, 0.6) is 5.75 Å². The van der Waals surface area contributed by atoms with Crippen molar-refractivity contribution in [1.29, 1.82) is 0 Å². The molecule has 0 aromatic heterocycles. The predicted molar refractivity (Wildman–Crippen MR) is 82.5 cm³/mol. The Hall–Kier alpha value is -2.41. The van der Waals surface area contributed by atoms with Gasteiger partial charge in [-0.3, -0.25) is 14.9 Å². The van der Waals surface area contributed by atoms with Gasteiger partial charge in [0.05, 0.1) is 4.92 Å². The van der Waals surface area contributed by atoms with E-state index in [1.165, 1.54) is 0 Å². The summed E-state index contributed by atoms with van der Waals surface area (Å²) in [7, 11) is -5.66. The van der Waals surface area contributed by atoms with Gasteiger partial charge in [0.25, 0.3) is 0 Å². The molecule has 0 aliphatic rings. The molecule has 1 rings (SSSR count). The van der Waals surface area contributed by atoms with Gasteiger partial charge in [-0.2, -0.15) is 8.42 Å². The Kier molecular flexibility index (Phi) is 6.92. The number of benzene rings is 1. The van der Waals surface area contributed by atoms with E-state index in [-0.39, 0.29) is 11.6 Å². The first kappa shape index (κ1) is 21.6. The molecule has 0 heterocycles. The first-order valence-corrected chi connectivity index (χ1v) is 8.53. The van der Waals surface area contributed by atoms with Crippen LogP contribution in [0.3, 0.4) is 0 Å². The van der Waals surface area contributed by atoms with Gasteiger partial charge in [-0.15, -0.1) is 17.4 Å². The SMILES string of the molecule is CCC(CC)C(=O)Nc1ccc([N+](=O)[O-])c(OS(=O)(=O)OC(F)(F)F)c1. The minimum Gasteiger partial charge on any atom is -0.354 e. The van der Waals surface area contributed by atoms with Gasteiger partial charge < -0.3 is 9.50 Å². The number of anilines is 1. The number of hydrogen-bond acceptors (Lipinski definition) is 7. The van der Waals surface area contributed by atoms with Gasteiger partial charge in [-0.05, 0) is 18.9 Å². The van der Waals surface area contributed by atoms with Crippen molar-refractivity contribution in [3.63, 3.8) is 0 Å². The molecule has 0 aliphatic carbocycles. The lowest BCUT2D eigenvalue weighted by Crippen LogP contribution is -2.24. The molecule has 0 unspecified atom stereocenters. The quantitative estimate of drug-likeness (QED) is 0.525. The summed E-state index contributed by atoms with van der Waals surface area (Å²) in [6.45, 7) is 3.53. The molecule has 0 aliphatic heterocycles. The van der Waals surface area contributed by atoms with Gasteiger partial charge >= 0.3 is 22.4 Å². The molecule has 0 saturated carbocycles. The standard InChI is InChI=1S/C13H15F3N2O7S/c1-3-8(4-2)12(19)17-9-5-6-10(18(20)21)11(7-9)24-26(22,23)25-13(14,15)16/h5-8H,3-4H2,1-2H3,(H,17,19). The van der Waals surface area contributed by atoms with Gasteiger partial charge in [-0.1, -0.05) is 13.8 Å². The molecule has 26 heavy (non-hydrogen) atoms. The van der Waals surface area contributed by atoms with E-state index in [4.69, 9.17) is 0 Å². The highest BCUT2D eigenvalue weighted by Crippen LogP contribution is 2.33. The van der Waals surface area contributed by atoms with Crippen LogP contribution < -0.4 is 9.50 Å². The summed E-state index contributed by atoms with van der Waals surface area (Å²) in [5.74, 6) is -1.85. The van der Waals surface area contributed by atoms with Crippen LogP contribution in [0.15, 0.2) is 18.2 Å². The summed E-state index contributed by atoms with van der Waals surface area (Å²) < 4.78 is 65.5. The lowest BCUT2D eigenvalue weighted by molar-refractivity contribution is -0.385. The molecule has 0 fully saturated rings. The van der Waals surface area contributed by atoms with Crippen molar-refractivity contribution < 1.29 is 39.7 Å². The molecule has 1 amide bonds. The van der Waals surface area contributed by atoms with Crippen molar-refractivity contribution in [2.45, 2.75) is 33.1 Å². The lowest BCUT2D eigenvalue weighted by atomic mass is 10.0. The summed E-state index contributed by atoms with van der Waals surface area (Å²) in [4.78, 5) is 21.8. The molecule has 0 atom stereocenters. The number of amides is 1. The summed E-state index contributed by atoms with van der Waals surface area (Å²) in [5, 5.41) is 13.3. The summed E-state index contributed by atoms with van der Waals surface area (Å²) in [6.07, 6.45) is -4.56. The van der Waals surface area contributed by atoms with Crippen LogP contribution >= 0.6 is 0 Å². The highest BCUT2D eigenvalue weighted by molar-refractivity contribution is 7.82. The van der Waals surface area contributed by atoms with Crippen molar-refractivity contribution >= 4 is 27.7 Å². The number of hydrogen-bond donors (Lipinski definition) is 1. The average Bonchev–Trinajstić information content (AvgIpc) is 2.45. The van der Waals surface area contributed by atoms with E-state index < -0.39 is 39.0 Å². The van der Waals surface area contributed by atoms with E-state index >= 15 is 0 Å². The van der Waals surface area contributed by atoms with Crippen molar-refractivity contribution in [3.05, 3.63) is 28.3 Å². The molecule has 0 bridgehead atoms. The molecule has 1 N–H and O–H groups in total. The molecule has 0 radical (unpaired) electrons. The second-order valence-electron chi connectivity index (χ2n) is 4.96. The molecule has 9 nitrogen and oxygen atoms in total. The molecule has 1 aromatic rings. The van der Waals surface area contributed by atoms with Crippen LogP contribution in [0.4, 0.5) is 24.5 Å². The minimum absolute atomic E-state index is 0.0929. The molecule has 13 heteroatoms. The van der Waals surface area contributed by atoms with E-state index in [1.54, 1.807) is 13.8 Å². The first-order valence-electron chi connectivity index (χ1n) is 7.19. The van der Waals surface area contributed by atoms with Crippen molar-refractivity contribution in [3.8, 4) is 5.75 Å². The molecule has 1 aromatic carbocycles. The number of carbonyl (C=O) groups is 1. The number of carbonyl (C=O) groups excluding carboxylic acids is 1. The fourth-order valence-corrected chi connectivity index (χ4v) is 2.57. The number of nitrogens with one attached hydrogen (secondary N) is 1. The van der Waals surface area contributed by atoms with Crippen molar-refractivity contribution in [2.75, 3.05) is 5.32 Å². The van der Waals surface area contributed by atoms with Gasteiger partial charge in [0.15, 0.2) is 0 Å². The van der Waals surface area contributed by atoms with E-state index in [0.29, 0.717) is 12.8 Å². The van der Waals surface area contributed by atoms with Crippen LogP contribution in [-0.4, -0.2) is 25.6 Å². The van der Waals surface area contributed by atoms with Gasteiger partial charge in [-0.25, -0.2) is 0 Å². The Morgan fingerprint density at radius 1 is 1.31 bits per heavy atom. The van der Waals surface area contributed by atoms with E-state index in [0.717, 1.165) is 18.2 Å². The van der Waals surface area contributed by atoms with Crippen LogP contribution in [-0.2, 0) is 19.4 Å². The number of alkyl halides is 3. The maximum absolute atomic E-state index is 12.1. The summed E-state index contributed by atoms with van der Waals surface area (Å²) >= 11 is 0. The van der Waals surface area contributed by atoms with E-state index in [2.05, 4.69) is 13.7 Å². The molecular weight excluding hydrogens is 385 g/mol. The smallest absolute Gasteiger partial charge is 0.354 e. The Balaban J connectivity index is 3.16. The Labute approximate surface area is 146 Å². The molecule has 0 spiro atoms. The van der Waals surface area contributed by atoms with Gasteiger partial charge in [0, 0.05) is 23.7 Å². The van der Waals surface area contributed by atoms with Crippen molar-refractivity contribution in [2.24, 2.45) is 5.92 Å². The number of nitrogens with zero attached hydrogens (tertiary/aromatic N) is 1. The number of rotatable bonds is 8. The predicted octanol–water partition coefficient (Wildman–Crippen LogP) is 3.13. The fourth-order valence-electron chi connectivity index (χ4n) is 1.96. The average molecular weight is 400 g/mol. The summed E-state index contributed by atoms with van der Waals surface area (Å²) in [6, 6.07) is 2.58.